The maximum Gasteiger partial charge on any atom is 0.238 e. The number of thiophene rings is 1. The Morgan fingerprint density at radius 3 is 3.00 bits per heavy atom. The Morgan fingerprint density at radius 1 is 1.82 bits per heavy atom. The van der Waals surface area contributed by atoms with E-state index in [0.717, 1.165) is 11.1 Å². The molecule has 0 aliphatic carbocycles. The topological polar surface area (TPSA) is 43.1 Å². The number of hydrogen-bond acceptors (Lipinski definition) is 3. The predicted octanol–water partition coefficient (Wildman–Crippen LogP) is 2.39. The highest BCUT2D eigenvalue weighted by atomic mass is 32.1. The van der Waals surface area contributed by atoms with Gasteiger partial charge >= 0.3 is 0 Å². The van der Waals surface area contributed by atoms with Crippen molar-refractivity contribution in [1.82, 2.24) is 0 Å². The third kappa shape index (κ3) is 2.16. The summed E-state index contributed by atoms with van der Waals surface area (Å²) in [6, 6.07) is 3.73. The molecule has 0 atom stereocenters. The zero-order valence-electron chi connectivity index (χ0n) is 5.98. The number of hydrogen-bond donors (Lipinski definition) is 0. The van der Waals surface area contributed by atoms with Gasteiger partial charge in [0, 0.05) is 10.5 Å². The highest BCUT2D eigenvalue weighted by Gasteiger charge is 1.99. The van der Waals surface area contributed by atoms with Gasteiger partial charge in [-0.1, -0.05) is 6.07 Å². The summed E-state index contributed by atoms with van der Waals surface area (Å²) in [5.74, 6) is 0. The Labute approximate surface area is 68.1 Å². The summed E-state index contributed by atoms with van der Waals surface area (Å²) < 4.78 is 0. The van der Waals surface area contributed by atoms with Crippen LogP contribution in [0.3, 0.4) is 0 Å². The van der Waals surface area contributed by atoms with Gasteiger partial charge in [0.25, 0.3) is 0 Å². The van der Waals surface area contributed by atoms with E-state index in [1.807, 2.05) is 17.5 Å². The van der Waals surface area contributed by atoms with Crippen molar-refractivity contribution in [3.63, 3.8) is 0 Å². The molecule has 4 heteroatoms. The minimum Gasteiger partial charge on any atom is -0.259 e. The molecule has 0 saturated carbocycles. The van der Waals surface area contributed by atoms with Gasteiger partial charge in [-0.15, -0.1) is 11.3 Å². The molecule has 58 valence electrons. The van der Waals surface area contributed by atoms with Crippen LogP contribution in [0.4, 0.5) is 0 Å². The SMILES string of the molecule is C/C(=C/[N+](=O)[O-])c1cccs1. The molecule has 0 spiro atoms. The first-order valence-electron chi connectivity index (χ1n) is 3.06. The van der Waals surface area contributed by atoms with E-state index in [2.05, 4.69) is 0 Å². The van der Waals surface area contributed by atoms with Crippen molar-refractivity contribution in [1.29, 1.82) is 0 Å². The van der Waals surface area contributed by atoms with Crippen LogP contribution in [0.5, 0.6) is 0 Å². The van der Waals surface area contributed by atoms with Crippen molar-refractivity contribution < 1.29 is 4.92 Å². The van der Waals surface area contributed by atoms with Crippen molar-refractivity contribution in [2.75, 3.05) is 0 Å². The molecule has 0 radical (unpaired) electrons. The molecule has 0 saturated heterocycles. The minimum atomic E-state index is -0.435. The van der Waals surface area contributed by atoms with E-state index < -0.39 is 4.92 Å². The molecule has 1 heterocycles. The summed E-state index contributed by atoms with van der Waals surface area (Å²) in [5, 5.41) is 11.9. The van der Waals surface area contributed by atoms with Gasteiger partial charge in [0.05, 0.1) is 4.92 Å². The van der Waals surface area contributed by atoms with Crippen molar-refractivity contribution in [2.45, 2.75) is 6.92 Å². The molecule has 0 unspecified atom stereocenters. The van der Waals surface area contributed by atoms with Crippen LogP contribution in [-0.2, 0) is 0 Å². The maximum atomic E-state index is 10.0. The highest BCUT2D eigenvalue weighted by molar-refractivity contribution is 7.11. The van der Waals surface area contributed by atoms with Crippen LogP contribution < -0.4 is 0 Å². The molecule has 1 aromatic heterocycles. The first-order valence-corrected chi connectivity index (χ1v) is 3.94. The summed E-state index contributed by atoms with van der Waals surface area (Å²) in [6.07, 6.45) is 1.02. The van der Waals surface area contributed by atoms with Crippen LogP contribution in [0.1, 0.15) is 11.8 Å². The van der Waals surface area contributed by atoms with Crippen LogP contribution in [-0.4, -0.2) is 4.92 Å². The monoisotopic (exact) mass is 169 g/mol. The van der Waals surface area contributed by atoms with E-state index in [9.17, 15) is 10.1 Å². The van der Waals surface area contributed by atoms with Gasteiger partial charge in [0.2, 0.25) is 6.20 Å². The van der Waals surface area contributed by atoms with Crippen LogP contribution in [0, 0.1) is 10.1 Å². The quantitative estimate of drug-likeness (QED) is 0.504. The maximum absolute atomic E-state index is 10.0. The van der Waals surface area contributed by atoms with Crippen molar-refractivity contribution in [2.24, 2.45) is 0 Å². The van der Waals surface area contributed by atoms with E-state index in [1.165, 1.54) is 11.3 Å². The molecule has 3 nitrogen and oxygen atoms in total. The van der Waals surface area contributed by atoms with Crippen LogP contribution >= 0.6 is 11.3 Å². The fourth-order valence-electron chi connectivity index (χ4n) is 0.725. The smallest absolute Gasteiger partial charge is 0.238 e. The van der Waals surface area contributed by atoms with Gasteiger partial charge in [-0.2, -0.15) is 0 Å². The number of rotatable bonds is 2. The normalized spacial score (nSPS) is 11.5. The van der Waals surface area contributed by atoms with Crippen molar-refractivity contribution in [3.8, 4) is 0 Å². The predicted molar refractivity (Wildman–Crippen MR) is 45.0 cm³/mol. The lowest BCUT2D eigenvalue weighted by atomic mass is 10.3. The second-order valence-electron chi connectivity index (χ2n) is 2.07. The fraction of sp³-hybridized carbons (Fsp3) is 0.143. The molecular weight excluding hydrogens is 162 g/mol. The molecule has 0 amide bonds. The number of nitrogens with zero attached hydrogens (tertiary/aromatic N) is 1. The summed E-state index contributed by atoms with van der Waals surface area (Å²) in [6.45, 7) is 1.73. The standard InChI is InChI=1S/C7H7NO2S/c1-6(5-8(9)10)7-3-2-4-11-7/h2-5H,1H3/b6-5-. The Bertz CT molecular complexity index is 277. The lowest BCUT2D eigenvalue weighted by Crippen LogP contribution is -1.85. The van der Waals surface area contributed by atoms with Gasteiger partial charge in [-0.05, 0) is 18.4 Å². The summed E-state index contributed by atoms with van der Waals surface area (Å²) in [4.78, 5) is 10.5. The van der Waals surface area contributed by atoms with Gasteiger partial charge in [-0.3, -0.25) is 10.1 Å². The number of nitro groups is 1. The first-order chi connectivity index (χ1) is 5.20. The Balaban J connectivity index is 2.86. The van der Waals surface area contributed by atoms with E-state index >= 15 is 0 Å². The summed E-state index contributed by atoms with van der Waals surface area (Å²) in [5.41, 5.74) is 0.699. The van der Waals surface area contributed by atoms with E-state index in [-0.39, 0.29) is 0 Å². The average molecular weight is 169 g/mol. The Hall–Kier alpha value is -1.16. The highest BCUT2D eigenvalue weighted by Crippen LogP contribution is 2.18. The lowest BCUT2D eigenvalue weighted by Gasteiger charge is -1.89. The number of allylic oxidation sites excluding steroid dienone is 1. The second-order valence-corrected chi connectivity index (χ2v) is 3.02. The largest absolute Gasteiger partial charge is 0.259 e. The average Bonchev–Trinajstić information content (AvgIpc) is 2.35. The molecule has 1 aromatic rings. The van der Waals surface area contributed by atoms with Crippen LogP contribution in [0.25, 0.3) is 5.57 Å². The molecule has 1 rings (SSSR count). The molecule has 0 bridgehead atoms. The molecule has 0 N–H and O–H groups in total. The minimum absolute atomic E-state index is 0.435. The summed E-state index contributed by atoms with van der Waals surface area (Å²) >= 11 is 1.50. The van der Waals surface area contributed by atoms with E-state index in [1.54, 1.807) is 6.92 Å². The first kappa shape index (κ1) is 7.94. The molecule has 0 fully saturated rings. The third-order valence-corrected chi connectivity index (χ3v) is 2.21. The fourth-order valence-corrected chi connectivity index (χ4v) is 1.42. The molecule has 0 aliphatic rings. The lowest BCUT2D eigenvalue weighted by molar-refractivity contribution is -0.401. The second kappa shape index (κ2) is 3.30. The molecule has 0 aromatic carbocycles. The van der Waals surface area contributed by atoms with Gasteiger partial charge in [0.1, 0.15) is 0 Å². The summed E-state index contributed by atoms with van der Waals surface area (Å²) in [7, 11) is 0. The van der Waals surface area contributed by atoms with Gasteiger partial charge in [-0.25, -0.2) is 0 Å². The van der Waals surface area contributed by atoms with E-state index in [4.69, 9.17) is 0 Å². The Kier molecular flexibility index (Phi) is 2.38. The zero-order chi connectivity index (χ0) is 8.27. The van der Waals surface area contributed by atoms with Crippen molar-refractivity contribution in [3.05, 3.63) is 38.7 Å². The molecule has 0 aliphatic heterocycles. The molecular formula is C7H7NO2S. The van der Waals surface area contributed by atoms with Crippen LogP contribution in [0.2, 0.25) is 0 Å². The zero-order valence-corrected chi connectivity index (χ0v) is 6.80. The van der Waals surface area contributed by atoms with Crippen molar-refractivity contribution >= 4 is 16.9 Å². The van der Waals surface area contributed by atoms with E-state index in [0.29, 0.717) is 5.57 Å². The van der Waals surface area contributed by atoms with Crippen LogP contribution in [0.15, 0.2) is 23.7 Å². The van der Waals surface area contributed by atoms with Gasteiger partial charge < -0.3 is 0 Å². The Morgan fingerprint density at radius 2 is 2.55 bits per heavy atom. The third-order valence-electron chi connectivity index (χ3n) is 1.21. The van der Waals surface area contributed by atoms with Gasteiger partial charge in [0.15, 0.2) is 0 Å². The molecule has 11 heavy (non-hydrogen) atoms.